The number of carbonyl (C=O) groups is 2. The van der Waals surface area contributed by atoms with Crippen LogP contribution in [0.4, 0.5) is 0 Å². The highest BCUT2D eigenvalue weighted by molar-refractivity contribution is 6.15. The van der Waals surface area contributed by atoms with Crippen molar-refractivity contribution in [2.45, 2.75) is 72.8 Å². The molecule has 4 nitrogen and oxygen atoms in total. The fourth-order valence-electron chi connectivity index (χ4n) is 3.72. The van der Waals surface area contributed by atoms with Gasteiger partial charge < -0.3 is 10.2 Å². The van der Waals surface area contributed by atoms with Crippen molar-refractivity contribution < 1.29 is 19.8 Å². The summed E-state index contributed by atoms with van der Waals surface area (Å²) in [5.41, 5.74) is 2.40. The lowest BCUT2D eigenvalue weighted by Crippen LogP contribution is -2.19. The normalized spacial score (nSPS) is 18.6. The molecule has 4 heteroatoms. The van der Waals surface area contributed by atoms with Gasteiger partial charge in [-0.25, -0.2) is 0 Å². The molecule has 164 valence electrons. The molecule has 0 saturated heterocycles. The summed E-state index contributed by atoms with van der Waals surface area (Å²) < 4.78 is 0. The summed E-state index contributed by atoms with van der Waals surface area (Å²) in [4.78, 5) is 25.2. The number of carbonyl (C=O) groups excluding carboxylic acids is 2. The summed E-state index contributed by atoms with van der Waals surface area (Å²) in [5.74, 6) is -0.0717. The summed E-state index contributed by atoms with van der Waals surface area (Å²) in [7, 11) is 0. The number of hydrogen-bond donors (Lipinski definition) is 2. The molecule has 2 aliphatic carbocycles. The standard InChI is InChI=1S/C26H36O4/c1-25(2,3)16-22(28)15-21-13-12-20(24(21)30)11-10-19-9-8-18(23(19)29)7-6-14-26(4,5)17-27/h8-13,22,27-28H,6-7,14-17H2,1-5H3. The number of Topliss-reactive ketones (excluding diaryl/α,β-unsaturated/α-hetero) is 2. The monoisotopic (exact) mass is 412 g/mol. The molecule has 2 aliphatic rings. The molecule has 2 N–H and O–H groups in total. The van der Waals surface area contributed by atoms with E-state index >= 15 is 0 Å². The minimum absolute atomic E-state index is 0.00561. The predicted octanol–water partition coefficient (Wildman–Crippen LogP) is 4.79. The van der Waals surface area contributed by atoms with E-state index in [0.29, 0.717) is 36.0 Å². The van der Waals surface area contributed by atoms with Crippen molar-refractivity contribution >= 4 is 11.6 Å². The van der Waals surface area contributed by atoms with Gasteiger partial charge in [-0.05, 0) is 36.5 Å². The number of aliphatic hydroxyl groups excluding tert-OH is 2. The van der Waals surface area contributed by atoms with Crippen LogP contribution in [0.2, 0.25) is 0 Å². The lowest BCUT2D eigenvalue weighted by molar-refractivity contribution is -0.112. The molecule has 0 aromatic heterocycles. The molecule has 0 aromatic carbocycles. The summed E-state index contributed by atoms with van der Waals surface area (Å²) in [6.07, 6.45) is 13.4. The summed E-state index contributed by atoms with van der Waals surface area (Å²) in [6, 6.07) is 0. The molecule has 1 atom stereocenters. The lowest BCUT2D eigenvalue weighted by atomic mass is 9.86. The summed E-state index contributed by atoms with van der Waals surface area (Å²) >= 11 is 0. The molecule has 0 radical (unpaired) electrons. The minimum Gasteiger partial charge on any atom is -0.396 e. The molecular weight excluding hydrogens is 376 g/mol. The van der Waals surface area contributed by atoms with E-state index in [-0.39, 0.29) is 29.0 Å². The Labute approximate surface area is 180 Å². The highest BCUT2D eigenvalue weighted by atomic mass is 16.3. The number of rotatable bonds is 10. The highest BCUT2D eigenvalue weighted by Gasteiger charge is 2.24. The number of hydrogen-bond acceptors (Lipinski definition) is 4. The van der Waals surface area contributed by atoms with Crippen LogP contribution in [0.15, 0.2) is 58.7 Å². The molecule has 0 fully saturated rings. The SMILES string of the molecule is CC(C)(C)CC(O)CC1=CC=C(C=CC2=CC=C(CCCC(C)(C)CO)C2=O)C1=O. The molecule has 2 rings (SSSR count). The van der Waals surface area contributed by atoms with Gasteiger partial charge in [0.1, 0.15) is 0 Å². The maximum absolute atomic E-state index is 12.6. The molecule has 0 spiro atoms. The average molecular weight is 413 g/mol. The maximum Gasteiger partial charge on any atom is 0.189 e. The second-order valence-electron chi connectivity index (χ2n) is 10.4. The van der Waals surface area contributed by atoms with Crippen LogP contribution in [-0.2, 0) is 9.59 Å². The third-order valence-electron chi connectivity index (χ3n) is 5.51. The fraction of sp³-hybridized carbons (Fsp3) is 0.538. The fourth-order valence-corrected chi connectivity index (χ4v) is 3.72. The topological polar surface area (TPSA) is 74.6 Å². The first-order chi connectivity index (χ1) is 13.9. The third-order valence-corrected chi connectivity index (χ3v) is 5.51. The van der Waals surface area contributed by atoms with Crippen LogP contribution in [0.1, 0.15) is 66.7 Å². The Hall–Kier alpha value is -2.04. The van der Waals surface area contributed by atoms with E-state index in [1.165, 1.54) is 0 Å². The average Bonchev–Trinajstić information content (AvgIpc) is 3.15. The van der Waals surface area contributed by atoms with Gasteiger partial charge in [0.25, 0.3) is 0 Å². The molecule has 0 aliphatic heterocycles. The van der Waals surface area contributed by atoms with E-state index < -0.39 is 6.10 Å². The Bertz CT molecular complexity index is 826. The van der Waals surface area contributed by atoms with Crippen molar-refractivity contribution in [2.75, 3.05) is 6.61 Å². The van der Waals surface area contributed by atoms with E-state index in [2.05, 4.69) is 20.8 Å². The smallest absolute Gasteiger partial charge is 0.189 e. The Balaban J connectivity index is 1.84. The van der Waals surface area contributed by atoms with Gasteiger partial charge in [0.05, 0.1) is 6.10 Å². The van der Waals surface area contributed by atoms with Crippen molar-refractivity contribution in [3.8, 4) is 0 Å². The van der Waals surface area contributed by atoms with Gasteiger partial charge in [-0.1, -0.05) is 71.1 Å². The molecule has 0 bridgehead atoms. The van der Waals surface area contributed by atoms with Gasteiger partial charge in [0.2, 0.25) is 0 Å². The maximum atomic E-state index is 12.6. The predicted molar refractivity (Wildman–Crippen MR) is 121 cm³/mol. The molecule has 1 unspecified atom stereocenters. The Morgan fingerprint density at radius 2 is 1.43 bits per heavy atom. The molecule has 0 heterocycles. The van der Waals surface area contributed by atoms with Crippen LogP contribution in [-0.4, -0.2) is 34.5 Å². The van der Waals surface area contributed by atoms with Gasteiger partial charge in [-0.2, -0.15) is 0 Å². The van der Waals surface area contributed by atoms with Gasteiger partial charge >= 0.3 is 0 Å². The second kappa shape index (κ2) is 9.84. The van der Waals surface area contributed by atoms with Gasteiger partial charge in [-0.3, -0.25) is 9.59 Å². The van der Waals surface area contributed by atoms with E-state index in [0.717, 1.165) is 18.4 Å². The largest absolute Gasteiger partial charge is 0.396 e. The van der Waals surface area contributed by atoms with Gasteiger partial charge in [-0.15, -0.1) is 0 Å². The summed E-state index contributed by atoms with van der Waals surface area (Å²) in [6.45, 7) is 10.4. The third kappa shape index (κ3) is 7.03. The van der Waals surface area contributed by atoms with Crippen LogP contribution in [0.25, 0.3) is 0 Å². The Morgan fingerprint density at radius 3 is 1.97 bits per heavy atom. The highest BCUT2D eigenvalue weighted by Crippen LogP contribution is 2.29. The van der Waals surface area contributed by atoms with E-state index in [1.54, 1.807) is 30.4 Å². The van der Waals surface area contributed by atoms with Crippen molar-refractivity contribution in [1.82, 2.24) is 0 Å². The number of ketones is 2. The van der Waals surface area contributed by atoms with E-state index in [1.807, 2.05) is 19.9 Å². The first-order valence-electron chi connectivity index (χ1n) is 10.8. The number of aliphatic hydroxyl groups is 2. The van der Waals surface area contributed by atoms with E-state index in [9.17, 15) is 19.8 Å². The molecule has 0 saturated carbocycles. The Kier molecular flexibility index (Phi) is 7.95. The molecule has 0 aromatic rings. The molecule has 30 heavy (non-hydrogen) atoms. The summed E-state index contributed by atoms with van der Waals surface area (Å²) in [5, 5.41) is 19.6. The minimum atomic E-state index is -0.543. The van der Waals surface area contributed by atoms with Crippen LogP contribution >= 0.6 is 0 Å². The van der Waals surface area contributed by atoms with Crippen LogP contribution in [0, 0.1) is 10.8 Å². The van der Waals surface area contributed by atoms with Crippen molar-refractivity contribution in [3.05, 3.63) is 58.7 Å². The van der Waals surface area contributed by atoms with Crippen LogP contribution < -0.4 is 0 Å². The van der Waals surface area contributed by atoms with Gasteiger partial charge in [0, 0.05) is 35.3 Å². The van der Waals surface area contributed by atoms with Crippen molar-refractivity contribution in [2.24, 2.45) is 10.8 Å². The van der Waals surface area contributed by atoms with Crippen molar-refractivity contribution in [1.29, 1.82) is 0 Å². The zero-order valence-electron chi connectivity index (χ0n) is 19.0. The zero-order chi connectivity index (χ0) is 22.5. The van der Waals surface area contributed by atoms with Gasteiger partial charge in [0.15, 0.2) is 11.6 Å². The quantitative estimate of drug-likeness (QED) is 0.541. The van der Waals surface area contributed by atoms with E-state index in [4.69, 9.17) is 0 Å². The second-order valence-corrected chi connectivity index (χ2v) is 10.4. The molecule has 0 amide bonds. The number of allylic oxidation sites excluding steroid dienone is 9. The first-order valence-corrected chi connectivity index (χ1v) is 10.8. The molecular formula is C26H36O4. The Morgan fingerprint density at radius 1 is 0.900 bits per heavy atom. The zero-order valence-corrected chi connectivity index (χ0v) is 19.0. The lowest BCUT2D eigenvalue weighted by Gasteiger charge is -2.22. The van der Waals surface area contributed by atoms with Crippen LogP contribution in [0.5, 0.6) is 0 Å². The first kappa shape index (κ1) is 24.2. The van der Waals surface area contributed by atoms with Crippen LogP contribution in [0.3, 0.4) is 0 Å². The van der Waals surface area contributed by atoms with Crippen molar-refractivity contribution in [3.63, 3.8) is 0 Å².